The highest BCUT2D eigenvalue weighted by Gasteiger charge is 2.34. The topological polar surface area (TPSA) is 54.5 Å². The van der Waals surface area contributed by atoms with Crippen molar-refractivity contribution in [2.75, 3.05) is 7.05 Å². The maximum absolute atomic E-state index is 11.7. The summed E-state index contributed by atoms with van der Waals surface area (Å²) in [5.41, 5.74) is 0. The van der Waals surface area contributed by atoms with Crippen LogP contribution in [0.2, 0.25) is 0 Å². The number of nitrogens with zero attached hydrogens (tertiary/aromatic N) is 1. The fraction of sp³-hybridized carbons (Fsp3) is 0.455. The smallest absolute Gasteiger partial charge is 0.265 e. The Hall–Kier alpha value is -1.01. The first-order valence-electron chi connectivity index (χ1n) is 5.28. The second-order valence-electron chi connectivity index (χ2n) is 4.03. The number of likely N-dealkylation sites (N-methyl/N-ethyl adjacent to an activating group) is 1. The normalized spacial score (nSPS) is 25.2. The van der Waals surface area contributed by atoms with Gasteiger partial charge in [0.05, 0.1) is 10.8 Å². The molecule has 0 aromatic carbocycles. The molecular formula is C11H11NO3S2. The molecular weight excluding hydrogens is 258 g/mol. The van der Waals surface area contributed by atoms with Crippen LogP contribution in [0.4, 0.5) is 0 Å². The lowest BCUT2D eigenvalue weighted by Gasteiger charge is -2.16. The summed E-state index contributed by atoms with van der Waals surface area (Å²) >= 11 is 6.12. The van der Waals surface area contributed by atoms with Crippen molar-refractivity contribution in [2.45, 2.75) is 19.3 Å². The third-order valence-corrected chi connectivity index (χ3v) is 4.35. The third-order valence-electron chi connectivity index (χ3n) is 2.84. The van der Waals surface area contributed by atoms with Crippen molar-refractivity contribution in [2.24, 2.45) is 5.92 Å². The highest BCUT2D eigenvalue weighted by atomic mass is 32.2. The van der Waals surface area contributed by atoms with Crippen molar-refractivity contribution in [3.8, 4) is 0 Å². The van der Waals surface area contributed by atoms with E-state index in [1.807, 2.05) is 0 Å². The number of carbonyl (C=O) groups is 3. The zero-order chi connectivity index (χ0) is 12.6. The van der Waals surface area contributed by atoms with Crippen molar-refractivity contribution in [1.29, 1.82) is 0 Å². The first-order valence-corrected chi connectivity index (χ1v) is 6.50. The summed E-state index contributed by atoms with van der Waals surface area (Å²) in [6.07, 6.45) is 2.93. The Morgan fingerprint density at radius 1 is 1.29 bits per heavy atom. The Balaban J connectivity index is 2.24. The number of hydrogen-bond donors (Lipinski definition) is 0. The second-order valence-corrected chi connectivity index (χ2v) is 5.70. The van der Waals surface area contributed by atoms with Crippen molar-refractivity contribution in [1.82, 2.24) is 4.90 Å². The average Bonchev–Trinajstić information content (AvgIpc) is 2.52. The van der Waals surface area contributed by atoms with Crippen LogP contribution in [-0.2, 0) is 14.4 Å². The summed E-state index contributed by atoms with van der Waals surface area (Å²) in [5, 5.41) is 0. The minimum Gasteiger partial charge on any atom is -0.299 e. The molecule has 2 rings (SSSR count). The molecule has 1 saturated heterocycles. The number of carbonyl (C=O) groups excluding carboxylic acids is 3. The van der Waals surface area contributed by atoms with E-state index >= 15 is 0 Å². The van der Waals surface area contributed by atoms with Gasteiger partial charge in [0.15, 0.2) is 0 Å². The molecule has 1 amide bonds. The summed E-state index contributed by atoms with van der Waals surface area (Å²) in [6, 6.07) is 0. The van der Waals surface area contributed by atoms with E-state index in [9.17, 15) is 14.4 Å². The minimum absolute atomic E-state index is 0.0948. The molecule has 1 heterocycles. The van der Waals surface area contributed by atoms with Gasteiger partial charge in [-0.25, -0.2) is 0 Å². The lowest BCUT2D eigenvalue weighted by molar-refractivity contribution is -0.133. The van der Waals surface area contributed by atoms with Crippen molar-refractivity contribution in [3.63, 3.8) is 0 Å². The van der Waals surface area contributed by atoms with E-state index in [4.69, 9.17) is 12.2 Å². The zero-order valence-electron chi connectivity index (χ0n) is 9.26. The van der Waals surface area contributed by atoms with Crippen LogP contribution < -0.4 is 0 Å². The maximum Gasteiger partial charge on any atom is 0.265 e. The van der Waals surface area contributed by atoms with Gasteiger partial charge < -0.3 is 0 Å². The third kappa shape index (κ3) is 2.32. The van der Waals surface area contributed by atoms with Crippen LogP contribution >= 0.6 is 24.0 Å². The molecule has 1 aliphatic heterocycles. The number of thioether (sulfide) groups is 1. The van der Waals surface area contributed by atoms with Gasteiger partial charge in [0.1, 0.15) is 15.9 Å². The quantitative estimate of drug-likeness (QED) is 0.408. The largest absolute Gasteiger partial charge is 0.299 e. The van der Waals surface area contributed by atoms with Crippen molar-refractivity contribution >= 4 is 45.8 Å². The van der Waals surface area contributed by atoms with E-state index in [1.54, 1.807) is 7.05 Å². The lowest BCUT2D eigenvalue weighted by atomic mass is 9.86. The summed E-state index contributed by atoms with van der Waals surface area (Å²) in [7, 11) is 1.59. The van der Waals surface area contributed by atoms with Crippen LogP contribution in [0.5, 0.6) is 0 Å². The standard InChI is InChI=1S/C11H11NO3S2/c1-12-10(15)9(17-11(12)16)5-6-7(13)3-2-4-8(6)14/h5-6H,2-4H2,1H3. The summed E-state index contributed by atoms with van der Waals surface area (Å²) in [6.45, 7) is 0. The van der Waals surface area contributed by atoms with Crippen molar-refractivity contribution < 1.29 is 14.4 Å². The molecule has 0 unspecified atom stereocenters. The van der Waals surface area contributed by atoms with E-state index in [0.29, 0.717) is 28.5 Å². The van der Waals surface area contributed by atoms with Gasteiger partial charge in [-0.3, -0.25) is 19.3 Å². The Labute approximate surface area is 108 Å². The van der Waals surface area contributed by atoms with Crippen LogP contribution in [0, 0.1) is 5.92 Å². The molecule has 0 radical (unpaired) electrons. The maximum atomic E-state index is 11.7. The molecule has 17 heavy (non-hydrogen) atoms. The molecule has 0 bridgehead atoms. The van der Waals surface area contributed by atoms with Gasteiger partial charge in [0.25, 0.3) is 5.91 Å². The van der Waals surface area contributed by atoms with E-state index < -0.39 is 5.92 Å². The summed E-state index contributed by atoms with van der Waals surface area (Å²) in [5.74, 6) is -1.17. The van der Waals surface area contributed by atoms with E-state index in [2.05, 4.69) is 0 Å². The molecule has 2 fully saturated rings. The second kappa shape index (κ2) is 4.70. The van der Waals surface area contributed by atoms with Crippen LogP contribution in [0.1, 0.15) is 19.3 Å². The van der Waals surface area contributed by atoms with E-state index in [1.165, 1.54) is 11.0 Å². The highest BCUT2D eigenvalue weighted by Crippen LogP contribution is 2.32. The number of allylic oxidation sites excluding steroid dienone is 1. The van der Waals surface area contributed by atoms with Crippen LogP contribution in [-0.4, -0.2) is 33.7 Å². The predicted octanol–water partition coefficient (Wildman–Crippen LogP) is 1.30. The first-order chi connectivity index (χ1) is 8.00. The molecule has 0 atom stereocenters. The summed E-state index contributed by atoms with van der Waals surface area (Å²) < 4.78 is 0.456. The number of ketones is 2. The molecule has 1 aliphatic carbocycles. The van der Waals surface area contributed by atoms with Gasteiger partial charge in [-0.2, -0.15) is 0 Å². The number of Topliss-reactive ketones (excluding diaryl/α,β-unsaturated/α-hetero) is 2. The van der Waals surface area contributed by atoms with Gasteiger partial charge in [0.2, 0.25) is 0 Å². The van der Waals surface area contributed by atoms with Gasteiger partial charge in [0, 0.05) is 19.9 Å². The first kappa shape index (κ1) is 12.4. The van der Waals surface area contributed by atoms with Crippen LogP contribution in [0.25, 0.3) is 0 Å². The minimum atomic E-state index is -0.746. The molecule has 0 aromatic rings. The molecule has 0 N–H and O–H groups in total. The van der Waals surface area contributed by atoms with Gasteiger partial charge in [-0.1, -0.05) is 24.0 Å². The van der Waals surface area contributed by atoms with Gasteiger partial charge in [-0.05, 0) is 12.5 Å². The van der Waals surface area contributed by atoms with Gasteiger partial charge in [-0.15, -0.1) is 0 Å². The van der Waals surface area contributed by atoms with Crippen LogP contribution in [0.3, 0.4) is 0 Å². The van der Waals surface area contributed by atoms with E-state index in [-0.39, 0.29) is 17.5 Å². The Bertz CT molecular complexity index is 440. The number of thiocarbonyl (C=S) groups is 1. The SMILES string of the molecule is CN1C(=O)C(=CC2C(=O)CCCC2=O)SC1=S. The number of amides is 1. The molecule has 1 saturated carbocycles. The lowest BCUT2D eigenvalue weighted by Crippen LogP contribution is -2.28. The van der Waals surface area contributed by atoms with E-state index in [0.717, 1.165) is 11.8 Å². The molecule has 4 nitrogen and oxygen atoms in total. The molecule has 2 aliphatic rings. The zero-order valence-corrected chi connectivity index (χ0v) is 10.9. The molecule has 90 valence electrons. The molecule has 0 spiro atoms. The number of rotatable bonds is 1. The molecule has 0 aromatic heterocycles. The Kier molecular flexibility index (Phi) is 3.44. The van der Waals surface area contributed by atoms with Gasteiger partial charge >= 0.3 is 0 Å². The number of hydrogen-bond acceptors (Lipinski definition) is 5. The average molecular weight is 269 g/mol. The monoisotopic (exact) mass is 269 g/mol. The van der Waals surface area contributed by atoms with Crippen LogP contribution in [0.15, 0.2) is 11.0 Å². The Morgan fingerprint density at radius 2 is 1.88 bits per heavy atom. The van der Waals surface area contributed by atoms with Crippen molar-refractivity contribution in [3.05, 3.63) is 11.0 Å². The fourth-order valence-electron chi connectivity index (χ4n) is 1.82. The highest BCUT2D eigenvalue weighted by molar-refractivity contribution is 8.26. The molecule has 6 heteroatoms. The predicted molar refractivity (Wildman–Crippen MR) is 68.4 cm³/mol. The fourth-order valence-corrected chi connectivity index (χ4v) is 3.01. The Morgan fingerprint density at radius 3 is 2.35 bits per heavy atom. The summed E-state index contributed by atoms with van der Waals surface area (Å²) in [4.78, 5) is 36.7.